The van der Waals surface area contributed by atoms with Crippen LogP contribution in [0.4, 0.5) is 0 Å². The van der Waals surface area contributed by atoms with Crippen LogP contribution >= 0.6 is 0 Å². The molecule has 1 rings (SSSR count). The van der Waals surface area contributed by atoms with Crippen molar-refractivity contribution < 1.29 is 9.90 Å². The lowest BCUT2D eigenvalue weighted by molar-refractivity contribution is -0.143. The van der Waals surface area contributed by atoms with Gasteiger partial charge in [-0.15, -0.1) is 0 Å². The number of aliphatic carboxylic acids is 1. The summed E-state index contributed by atoms with van der Waals surface area (Å²) in [5, 5.41) is 8.59. The highest BCUT2D eigenvalue weighted by atomic mass is 16.4. The minimum Gasteiger partial charge on any atom is -0.481 e. The van der Waals surface area contributed by atoms with Crippen molar-refractivity contribution in [1.29, 1.82) is 0 Å². The van der Waals surface area contributed by atoms with Crippen LogP contribution in [0, 0.1) is 13.0 Å². The van der Waals surface area contributed by atoms with Crippen molar-refractivity contribution in [2.45, 2.75) is 12.8 Å². The maximum atomic E-state index is 10.4. The molecule has 0 unspecified atom stereocenters. The summed E-state index contributed by atoms with van der Waals surface area (Å²) >= 11 is 0. The SMILES string of the molecule is [CH2]N1CCC(C(=O)O)CC1. The average Bonchev–Trinajstić information content (AvgIpc) is 1.88. The molecule has 0 aliphatic carbocycles. The van der Waals surface area contributed by atoms with E-state index in [4.69, 9.17) is 5.11 Å². The molecule has 1 heterocycles. The molecule has 3 heteroatoms. The van der Waals surface area contributed by atoms with Gasteiger partial charge in [0.1, 0.15) is 0 Å². The summed E-state index contributed by atoms with van der Waals surface area (Å²) in [6, 6.07) is 0. The molecule has 3 nitrogen and oxygen atoms in total. The van der Waals surface area contributed by atoms with E-state index in [1.54, 1.807) is 0 Å². The lowest BCUT2D eigenvalue weighted by atomic mass is 9.98. The lowest BCUT2D eigenvalue weighted by Crippen LogP contribution is -2.32. The molecule has 0 aromatic heterocycles. The monoisotopic (exact) mass is 142 g/mol. The number of rotatable bonds is 1. The second kappa shape index (κ2) is 3.01. The Morgan fingerprint density at radius 1 is 1.50 bits per heavy atom. The van der Waals surface area contributed by atoms with Crippen molar-refractivity contribution in [2.24, 2.45) is 5.92 Å². The van der Waals surface area contributed by atoms with Crippen LogP contribution in [0.15, 0.2) is 0 Å². The average molecular weight is 142 g/mol. The zero-order valence-electron chi connectivity index (χ0n) is 5.92. The second-order valence-corrected chi connectivity index (χ2v) is 2.73. The molecule has 0 aromatic carbocycles. The first-order chi connectivity index (χ1) is 4.70. The summed E-state index contributed by atoms with van der Waals surface area (Å²) in [4.78, 5) is 12.3. The summed E-state index contributed by atoms with van der Waals surface area (Å²) in [6.07, 6.45) is 1.50. The van der Waals surface area contributed by atoms with Gasteiger partial charge >= 0.3 is 5.97 Å². The molecule has 1 fully saturated rings. The standard InChI is InChI=1S/C7H12NO2/c1-8-4-2-6(3-5-8)7(9)10/h6H,1-5H2,(H,9,10). The van der Waals surface area contributed by atoms with E-state index in [0.29, 0.717) is 0 Å². The van der Waals surface area contributed by atoms with Crippen LogP contribution in [0.1, 0.15) is 12.8 Å². The molecule has 0 amide bonds. The van der Waals surface area contributed by atoms with Crippen LogP contribution in [-0.2, 0) is 4.79 Å². The van der Waals surface area contributed by atoms with E-state index in [1.165, 1.54) is 0 Å². The van der Waals surface area contributed by atoms with Gasteiger partial charge in [0.25, 0.3) is 0 Å². The highest BCUT2D eigenvalue weighted by Gasteiger charge is 2.22. The van der Waals surface area contributed by atoms with Gasteiger partial charge in [-0.2, -0.15) is 0 Å². The highest BCUT2D eigenvalue weighted by Crippen LogP contribution is 2.15. The van der Waals surface area contributed by atoms with Gasteiger partial charge in [0.15, 0.2) is 0 Å². The number of carboxylic acids is 1. The third-order valence-corrected chi connectivity index (χ3v) is 1.94. The summed E-state index contributed by atoms with van der Waals surface area (Å²) in [7, 11) is 3.73. The molecule has 1 N–H and O–H groups in total. The molecule has 0 bridgehead atoms. The maximum absolute atomic E-state index is 10.4. The van der Waals surface area contributed by atoms with Crippen LogP contribution in [0.5, 0.6) is 0 Å². The maximum Gasteiger partial charge on any atom is 0.306 e. The molecule has 1 radical (unpaired) electrons. The largest absolute Gasteiger partial charge is 0.481 e. The molecule has 1 aliphatic heterocycles. The van der Waals surface area contributed by atoms with E-state index >= 15 is 0 Å². The zero-order valence-corrected chi connectivity index (χ0v) is 5.92. The van der Waals surface area contributed by atoms with Gasteiger partial charge in [0.2, 0.25) is 0 Å². The number of hydrogen-bond donors (Lipinski definition) is 1. The molecule has 0 saturated carbocycles. The Labute approximate surface area is 60.6 Å². The van der Waals surface area contributed by atoms with Gasteiger partial charge in [-0.1, -0.05) is 0 Å². The fourth-order valence-electron chi connectivity index (χ4n) is 1.18. The van der Waals surface area contributed by atoms with Gasteiger partial charge in [0, 0.05) is 7.05 Å². The lowest BCUT2D eigenvalue weighted by Gasteiger charge is -2.25. The Morgan fingerprint density at radius 2 is 2.00 bits per heavy atom. The molecule has 0 spiro atoms. The Bertz CT molecular complexity index is 128. The minimum atomic E-state index is -0.659. The molecular weight excluding hydrogens is 130 g/mol. The van der Waals surface area contributed by atoms with Crippen LogP contribution in [-0.4, -0.2) is 29.1 Å². The molecule has 57 valence electrons. The Balaban J connectivity index is 2.33. The van der Waals surface area contributed by atoms with Crippen LogP contribution < -0.4 is 0 Å². The fraction of sp³-hybridized carbons (Fsp3) is 0.714. The van der Waals surface area contributed by atoms with E-state index in [2.05, 4.69) is 7.05 Å². The van der Waals surface area contributed by atoms with Crippen molar-refractivity contribution in [1.82, 2.24) is 4.90 Å². The number of carbonyl (C=O) groups is 1. The minimum absolute atomic E-state index is 0.127. The quantitative estimate of drug-likeness (QED) is 0.582. The third kappa shape index (κ3) is 1.70. The smallest absolute Gasteiger partial charge is 0.306 e. The Morgan fingerprint density at radius 3 is 2.40 bits per heavy atom. The molecule has 10 heavy (non-hydrogen) atoms. The summed E-state index contributed by atoms with van der Waals surface area (Å²) < 4.78 is 0. The van der Waals surface area contributed by atoms with Crippen molar-refractivity contribution in [2.75, 3.05) is 13.1 Å². The Hall–Kier alpha value is -0.570. The van der Waals surface area contributed by atoms with E-state index in [9.17, 15) is 4.79 Å². The normalized spacial score (nSPS) is 22.9. The first-order valence-corrected chi connectivity index (χ1v) is 3.48. The van der Waals surface area contributed by atoms with Gasteiger partial charge < -0.3 is 10.0 Å². The first-order valence-electron chi connectivity index (χ1n) is 3.48. The molecule has 1 saturated heterocycles. The number of hydrogen-bond acceptors (Lipinski definition) is 2. The van der Waals surface area contributed by atoms with Crippen molar-refractivity contribution in [3.8, 4) is 0 Å². The topological polar surface area (TPSA) is 40.5 Å². The molecule has 0 atom stereocenters. The molecule has 1 aliphatic rings. The van der Waals surface area contributed by atoms with Gasteiger partial charge in [0.05, 0.1) is 5.92 Å². The third-order valence-electron chi connectivity index (χ3n) is 1.94. The summed E-state index contributed by atoms with van der Waals surface area (Å²) in [5.41, 5.74) is 0. The van der Waals surface area contributed by atoms with Crippen molar-refractivity contribution in [3.05, 3.63) is 7.05 Å². The number of piperidine rings is 1. The predicted octanol–water partition coefficient (Wildman–Crippen LogP) is 0.575. The molecule has 0 aromatic rings. The number of carboxylic acid groups (broad SMARTS) is 1. The number of nitrogens with zero attached hydrogens (tertiary/aromatic N) is 1. The second-order valence-electron chi connectivity index (χ2n) is 2.73. The van der Waals surface area contributed by atoms with E-state index < -0.39 is 5.97 Å². The zero-order chi connectivity index (χ0) is 7.56. The van der Waals surface area contributed by atoms with Gasteiger partial charge in [-0.05, 0) is 25.9 Å². The van der Waals surface area contributed by atoms with Crippen LogP contribution in [0.3, 0.4) is 0 Å². The fourth-order valence-corrected chi connectivity index (χ4v) is 1.18. The first kappa shape index (κ1) is 7.54. The highest BCUT2D eigenvalue weighted by molar-refractivity contribution is 5.70. The number of likely N-dealkylation sites (tertiary alicyclic amines) is 1. The molecular formula is C7H12NO2. The Kier molecular flexibility index (Phi) is 2.27. The summed E-state index contributed by atoms with van der Waals surface area (Å²) in [6.45, 7) is 1.63. The predicted molar refractivity (Wildman–Crippen MR) is 37.3 cm³/mol. The summed E-state index contributed by atoms with van der Waals surface area (Å²) in [5.74, 6) is -0.786. The van der Waals surface area contributed by atoms with E-state index in [-0.39, 0.29) is 5.92 Å². The van der Waals surface area contributed by atoms with Gasteiger partial charge in [-0.3, -0.25) is 4.79 Å². The van der Waals surface area contributed by atoms with Crippen molar-refractivity contribution >= 4 is 5.97 Å². The van der Waals surface area contributed by atoms with E-state index in [0.717, 1.165) is 25.9 Å². The van der Waals surface area contributed by atoms with Gasteiger partial charge in [-0.25, -0.2) is 0 Å². The van der Waals surface area contributed by atoms with E-state index in [1.807, 2.05) is 4.90 Å². The van der Waals surface area contributed by atoms with Crippen molar-refractivity contribution in [3.63, 3.8) is 0 Å². The van der Waals surface area contributed by atoms with Crippen LogP contribution in [0.25, 0.3) is 0 Å². The van der Waals surface area contributed by atoms with Crippen LogP contribution in [0.2, 0.25) is 0 Å².